The van der Waals surface area contributed by atoms with Gasteiger partial charge in [0, 0.05) is 26.2 Å². The van der Waals surface area contributed by atoms with E-state index >= 15 is 0 Å². The Morgan fingerprint density at radius 2 is 1.89 bits per heavy atom. The molecule has 1 aliphatic rings. The molecular formula is C9H14N4O3S2. The molecule has 1 aromatic rings. The number of hydrogen-bond acceptors (Lipinski definition) is 6. The molecule has 1 aromatic heterocycles. The third-order valence-electron chi connectivity index (χ3n) is 2.85. The van der Waals surface area contributed by atoms with Gasteiger partial charge in [-0.1, -0.05) is 4.49 Å². The molecule has 7 nitrogen and oxygen atoms in total. The minimum Gasteiger partial charge on any atom is -0.335 e. The molecule has 1 aliphatic heterocycles. The van der Waals surface area contributed by atoms with Crippen molar-refractivity contribution in [2.45, 2.75) is 6.92 Å². The molecule has 18 heavy (non-hydrogen) atoms. The van der Waals surface area contributed by atoms with Gasteiger partial charge >= 0.3 is 0 Å². The van der Waals surface area contributed by atoms with Crippen molar-refractivity contribution in [2.75, 3.05) is 32.4 Å². The lowest BCUT2D eigenvalue weighted by Gasteiger charge is -2.32. The van der Waals surface area contributed by atoms with E-state index in [4.69, 9.17) is 0 Å². The van der Waals surface area contributed by atoms with E-state index in [1.807, 2.05) is 0 Å². The number of aryl methyl sites for hydroxylation is 1. The highest BCUT2D eigenvalue weighted by molar-refractivity contribution is 7.88. The minimum atomic E-state index is -3.17. The zero-order chi connectivity index (χ0) is 13.3. The summed E-state index contributed by atoms with van der Waals surface area (Å²) in [5.41, 5.74) is 0.368. The lowest BCUT2D eigenvalue weighted by Crippen LogP contribution is -2.50. The summed E-state index contributed by atoms with van der Waals surface area (Å²) in [4.78, 5) is 14.5. The zero-order valence-electron chi connectivity index (χ0n) is 10.2. The van der Waals surface area contributed by atoms with E-state index in [0.717, 1.165) is 4.88 Å². The molecule has 0 bridgehead atoms. The summed E-state index contributed by atoms with van der Waals surface area (Å²) in [6, 6.07) is 0. The SMILES string of the molecule is Cc1snnc1C(=O)N1CCN(S(C)(=O)=O)CC1. The Bertz CT molecular complexity index is 546. The second-order valence-corrected chi connectivity index (χ2v) is 7.07. The Labute approximate surface area is 110 Å². The fraction of sp³-hybridized carbons (Fsp3) is 0.667. The topological polar surface area (TPSA) is 83.5 Å². The van der Waals surface area contributed by atoms with Gasteiger partial charge < -0.3 is 4.90 Å². The smallest absolute Gasteiger partial charge is 0.275 e. The number of sulfonamides is 1. The summed E-state index contributed by atoms with van der Waals surface area (Å²) in [6.07, 6.45) is 1.18. The first kappa shape index (κ1) is 13.4. The Hall–Kier alpha value is -1.06. The van der Waals surface area contributed by atoms with Gasteiger partial charge in [-0.05, 0) is 18.5 Å². The van der Waals surface area contributed by atoms with E-state index in [9.17, 15) is 13.2 Å². The molecule has 9 heteroatoms. The summed E-state index contributed by atoms with van der Waals surface area (Å²) in [7, 11) is -3.17. The van der Waals surface area contributed by atoms with Crippen LogP contribution < -0.4 is 0 Å². The highest BCUT2D eigenvalue weighted by Crippen LogP contribution is 2.13. The molecule has 1 amide bonds. The molecule has 2 rings (SSSR count). The number of nitrogens with zero attached hydrogens (tertiary/aromatic N) is 4. The largest absolute Gasteiger partial charge is 0.335 e. The standard InChI is InChI=1S/C9H14N4O3S2/c1-7-8(10-11-17-7)9(14)12-3-5-13(6-4-12)18(2,15)16/h3-6H2,1-2H3. The lowest BCUT2D eigenvalue weighted by atomic mass is 10.3. The summed E-state index contributed by atoms with van der Waals surface area (Å²) >= 11 is 1.19. The third-order valence-corrected chi connectivity index (χ3v) is 4.78. The molecule has 1 saturated heterocycles. The molecule has 0 aliphatic carbocycles. The number of carbonyl (C=O) groups excluding carboxylic acids is 1. The molecule has 0 saturated carbocycles. The average Bonchev–Trinajstić information content (AvgIpc) is 2.73. The van der Waals surface area contributed by atoms with Gasteiger partial charge in [-0.2, -0.15) is 4.31 Å². The van der Waals surface area contributed by atoms with E-state index in [0.29, 0.717) is 31.9 Å². The molecule has 0 atom stereocenters. The predicted molar refractivity (Wildman–Crippen MR) is 67.0 cm³/mol. The maximum absolute atomic E-state index is 12.1. The van der Waals surface area contributed by atoms with E-state index in [1.165, 1.54) is 22.1 Å². The highest BCUT2D eigenvalue weighted by atomic mass is 32.2. The molecule has 1 fully saturated rings. The summed E-state index contributed by atoms with van der Waals surface area (Å²) in [5.74, 6) is -0.172. The van der Waals surface area contributed by atoms with E-state index in [-0.39, 0.29) is 5.91 Å². The van der Waals surface area contributed by atoms with Crippen LogP contribution in [0.1, 0.15) is 15.4 Å². The number of amides is 1. The fourth-order valence-electron chi connectivity index (χ4n) is 1.80. The van der Waals surface area contributed by atoms with Crippen LogP contribution in [-0.4, -0.2) is 65.6 Å². The number of hydrogen-bond donors (Lipinski definition) is 0. The van der Waals surface area contributed by atoms with E-state index in [2.05, 4.69) is 9.59 Å². The van der Waals surface area contributed by atoms with Gasteiger partial charge in [0.2, 0.25) is 10.0 Å². The van der Waals surface area contributed by atoms with Crippen LogP contribution in [0.2, 0.25) is 0 Å². The highest BCUT2D eigenvalue weighted by Gasteiger charge is 2.28. The molecule has 2 heterocycles. The van der Waals surface area contributed by atoms with Crippen molar-refractivity contribution in [1.29, 1.82) is 0 Å². The van der Waals surface area contributed by atoms with Gasteiger partial charge in [0.1, 0.15) is 0 Å². The van der Waals surface area contributed by atoms with Gasteiger partial charge in [0.25, 0.3) is 5.91 Å². The Morgan fingerprint density at radius 3 is 2.33 bits per heavy atom. The number of rotatable bonds is 2. The predicted octanol–water partition coefficient (Wildman–Crippen LogP) is -0.436. The first-order chi connectivity index (χ1) is 8.39. The van der Waals surface area contributed by atoms with Crippen LogP contribution in [0.3, 0.4) is 0 Å². The number of aromatic nitrogens is 2. The van der Waals surface area contributed by atoms with E-state index in [1.54, 1.807) is 11.8 Å². The number of piperazine rings is 1. The van der Waals surface area contributed by atoms with Crippen LogP contribution in [0.15, 0.2) is 0 Å². The molecule has 0 radical (unpaired) electrons. The molecule has 0 N–H and O–H groups in total. The summed E-state index contributed by atoms with van der Waals surface area (Å²) in [5, 5.41) is 3.80. The first-order valence-corrected chi connectivity index (χ1v) is 8.05. The molecule has 100 valence electrons. The summed E-state index contributed by atoms with van der Waals surface area (Å²) in [6.45, 7) is 3.25. The molecule has 0 unspecified atom stereocenters. The van der Waals surface area contributed by atoms with Crippen LogP contribution in [-0.2, 0) is 10.0 Å². The Balaban J connectivity index is 2.03. The first-order valence-electron chi connectivity index (χ1n) is 5.43. The molecule has 0 aromatic carbocycles. The van der Waals surface area contributed by atoms with Gasteiger partial charge in [0.15, 0.2) is 5.69 Å². The van der Waals surface area contributed by atoms with E-state index < -0.39 is 10.0 Å². The van der Waals surface area contributed by atoms with Crippen molar-refractivity contribution in [3.63, 3.8) is 0 Å². The monoisotopic (exact) mass is 290 g/mol. The Kier molecular flexibility index (Phi) is 3.64. The van der Waals surface area contributed by atoms with Crippen LogP contribution >= 0.6 is 11.5 Å². The average molecular weight is 290 g/mol. The van der Waals surface area contributed by atoms with Crippen molar-refractivity contribution < 1.29 is 13.2 Å². The quantitative estimate of drug-likeness (QED) is 0.737. The maximum Gasteiger partial charge on any atom is 0.275 e. The maximum atomic E-state index is 12.1. The fourth-order valence-corrected chi connectivity index (χ4v) is 3.09. The second-order valence-electron chi connectivity index (χ2n) is 4.13. The lowest BCUT2D eigenvalue weighted by molar-refractivity contribution is 0.0691. The van der Waals surface area contributed by atoms with Gasteiger partial charge in [-0.3, -0.25) is 4.79 Å². The van der Waals surface area contributed by atoms with Crippen LogP contribution in [0.4, 0.5) is 0 Å². The van der Waals surface area contributed by atoms with Crippen molar-refractivity contribution in [1.82, 2.24) is 18.8 Å². The molecule has 0 spiro atoms. The van der Waals surface area contributed by atoms with Gasteiger partial charge in [0.05, 0.1) is 11.1 Å². The van der Waals surface area contributed by atoms with Crippen molar-refractivity contribution in [3.8, 4) is 0 Å². The number of carbonyl (C=O) groups is 1. The third kappa shape index (κ3) is 2.68. The minimum absolute atomic E-state index is 0.172. The second kappa shape index (κ2) is 4.90. The van der Waals surface area contributed by atoms with Crippen LogP contribution in [0, 0.1) is 6.92 Å². The summed E-state index contributed by atoms with van der Waals surface area (Å²) < 4.78 is 27.8. The zero-order valence-corrected chi connectivity index (χ0v) is 11.8. The van der Waals surface area contributed by atoms with Crippen molar-refractivity contribution >= 4 is 27.5 Å². The van der Waals surface area contributed by atoms with Gasteiger partial charge in [-0.25, -0.2) is 8.42 Å². The Morgan fingerprint density at radius 1 is 1.28 bits per heavy atom. The van der Waals surface area contributed by atoms with Gasteiger partial charge in [-0.15, -0.1) is 5.10 Å². The normalized spacial score (nSPS) is 18.0. The van der Waals surface area contributed by atoms with Crippen LogP contribution in [0.25, 0.3) is 0 Å². The van der Waals surface area contributed by atoms with Crippen molar-refractivity contribution in [2.24, 2.45) is 0 Å². The molecular weight excluding hydrogens is 276 g/mol. The van der Waals surface area contributed by atoms with Crippen LogP contribution in [0.5, 0.6) is 0 Å². The van der Waals surface area contributed by atoms with Crippen molar-refractivity contribution in [3.05, 3.63) is 10.6 Å².